The molecular weight excluding hydrogens is 360 g/mol. The van der Waals surface area contributed by atoms with Crippen molar-refractivity contribution in [1.29, 1.82) is 0 Å². The number of carbonyl (C=O) groups is 1. The highest BCUT2D eigenvalue weighted by Gasteiger charge is 2.11. The maximum absolute atomic E-state index is 12.3. The van der Waals surface area contributed by atoms with Crippen molar-refractivity contribution in [2.45, 2.75) is 25.8 Å². The lowest BCUT2D eigenvalue weighted by atomic mass is 10.1. The van der Waals surface area contributed by atoms with Crippen molar-refractivity contribution in [2.24, 2.45) is 0 Å². The van der Waals surface area contributed by atoms with Gasteiger partial charge in [0.25, 0.3) is 5.91 Å². The molecule has 4 aromatic rings. The van der Waals surface area contributed by atoms with Gasteiger partial charge in [0.2, 0.25) is 0 Å². The summed E-state index contributed by atoms with van der Waals surface area (Å²) in [5.74, 6) is 0.924. The van der Waals surface area contributed by atoms with E-state index in [2.05, 4.69) is 45.2 Å². The van der Waals surface area contributed by atoms with Gasteiger partial charge in [-0.05, 0) is 42.7 Å². The highest BCUT2D eigenvalue weighted by Crippen LogP contribution is 2.17. The highest BCUT2D eigenvalue weighted by atomic mass is 16.1. The van der Waals surface area contributed by atoms with Gasteiger partial charge in [0.1, 0.15) is 5.82 Å². The van der Waals surface area contributed by atoms with Crippen molar-refractivity contribution in [3.63, 3.8) is 0 Å². The lowest BCUT2D eigenvalue weighted by Crippen LogP contribution is -2.26. The molecule has 0 atom stereocenters. The quantitative estimate of drug-likeness (QED) is 0.499. The second-order valence-electron chi connectivity index (χ2n) is 7.00. The second kappa shape index (κ2) is 9.15. The van der Waals surface area contributed by atoms with E-state index in [0.717, 1.165) is 36.2 Å². The summed E-state index contributed by atoms with van der Waals surface area (Å²) in [7, 11) is 0. The maximum atomic E-state index is 12.3. The molecule has 1 N–H and O–H groups in total. The molecule has 2 aromatic heterocycles. The van der Waals surface area contributed by atoms with Crippen LogP contribution < -0.4 is 5.32 Å². The summed E-state index contributed by atoms with van der Waals surface area (Å²) in [5, 5.41) is 2.98. The van der Waals surface area contributed by atoms with E-state index in [1.54, 1.807) is 24.5 Å². The Morgan fingerprint density at radius 2 is 1.66 bits per heavy atom. The highest BCUT2D eigenvalue weighted by molar-refractivity contribution is 5.93. The summed E-state index contributed by atoms with van der Waals surface area (Å²) in [5.41, 5.74) is 4.12. The number of pyridine rings is 1. The molecule has 146 valence electrons. The summed E-state index contributed by atoms with van der Waals surface area (Å²) in [4.78, 5) is 21.0. The van der Waals surface area contributed by atoms with Gasteiger partial charge in [0.05, 0.1) is 11.0 Å². The number of nitrogens with zero attached hydrogens (tertiary/aromatic N) is 3. The Hall–Kier alpha value is -3.47. The molecule has 5 heteroatoms. The number of fused-ring (bicyclic) bond motifs is 1. The van der Waals surface area contributed by atoms with Gasteiger partial charge in [-0.2, -0.15) is 0 Å². The average molecular weight is 384 g/mol. The van der Waals surface area contributed by atoms with Gasteiger partial charge in [0, 0.05) is 37.5 Å². The zero-order chi connectivity index (χ0) is 19.9. The largest absolute Gasteiger partial charge is 0.352 e. The van der Waals surface area contributed by atoms with E-state index in [0.29, 0.717) is 18.5 Å². The Balaban J connectivity index is 1.42. The van der Waals surface area contributed by atoms with Crippen molar-refractivity contribution >= 4 is 16.9 Å². The van der Waals surface area contributed by atoms with Gasteiger partial charge < -0.3 is 9.88 Å². The van der Waals surface area contributed by atoms with Crippen molar-refractivity contribution < 1.29 is 4.79 Å². The van der Waals surface area contributed by atoms with Crippen molar-refractivity contribution in [2.75, 3.05) is 6.54 Å². The average Bonchev–Trinajstić information content (AvgIpc) is 3.12. The number of aryl methyl sites for hydroxylation is 2. The first-order valence-corrected chi connectivity index (χ1v) is 9.97. The number of amides is 1. The van der Waals surface area contributed by atoms with Crippen LogP contribution in [0.3, 0.4) is 0 Å². The smallest absolute Gasteiger partial charge is 0.251 e. The maximum Gasteiger partial charge on any atom is 0.251 e. The van der Waals surface area contributed by atoms with Gasteiger partial charge in [-0.3, -0.25) is 9.78 Å². The van der Waals surface area contributed by atoms with Crippen LogP contribution >= 0.6 is 0 Å². The van der Waals surface area contributed by atoms with E-state index in [4.69, 9.17) is 4.98 Å². The van der Waals surface area contributed by atoms with Gasteiger partial charge in [-0.1, -0.05) is 42.5 Å². The Bertz CT molecular complexity index is 1070. The van der Waals surface area contributed by atoms with E-state index in [1.165, 1.54) is 5.56 Å². The number of hydrogen-bond donors (Lipinski definition) is 1. The Morgan fingerprint density at radius 3 is 2.48 bits per heavy atom. The van der Waals surface area contributed by atoms with Crippen molar-refractivity contribution in [1.82, 2.24) is 19.9 Å². The molecule has 29 heavy (non-hydrogen) atoms. The molecule has 0 radical (unpaired) electrons. The summed E-state index contributed by atoms with van der Waals surface area (Å²) < 4.78 is 2.29. The lowest BCUT2D eigenvalue weighted by Gasteiger charge is -2.10. The molecule has 0 aliphatic heterocycles. The monoisotopic (exact) mass is 384 g/mol. The third-order valence-electron chi connectivity index (χ3n) is 5.00. The number of nitrogens with one attached hydrogen (secondary N) is 1. The van der Waals surface area contributed by atoms with Gasteiger partial charge >= 0.3 is 0 Å². The zero-order valence-corrected chi connectivity index (χ0v) is 16.3. The number of benzene rings is 2. The lowest BCUT2D eigenvalue weighted by molar-refractivity contribution is 0.0954. The molecule has 1 amide bonds. The first-order valence-electron chi connectivity index (χ1n) is 9.97. The fourth-order valence-electron chi connectivity index (χ4n) is 3.54. The SMILES string of the molecule is O=C(NCCc1nc2ccccc2n1CCCc1ccccc1)c1ccncc1. The zero-order valence-electron chi connectivity index (χ0n) is 16.3. The molecule has 4 rings (SSSR count). The fraction of sp³-hybridized carbons (Fsp3) is 0.208. The number of para-hydroxylation sites is 2. The molecule has 0 saturated carbocycles. The van der Waals surface area contributed by atoms with E-state index in [9.17, 15) is 4.79 Å². The molecule has 0 spiro atoms. The summed E-state index contributed by atoms with van der Waals surface area (Å²) >= 11 is 0. The van der Waals surface area contributed by atoms with Crippen molar-refractivity contribution in [3.8, 4) is 0 Å². The molecule has 0 aliphatic rings. The number of rotatable bonds is 8. The van der Waals surface area contributed by atoms with Gasteiger partial charge in [0.15, 0.2) is 0 Å². The number of hydrogen-bond acceptors (Lipinski definition) is 3. The second-order valence-corrected chi connectivity index (χ2v) is 7.00. The third-order valence-corrected chi connectivity index (χ3v) is 5.00. The van der Waals surface area contributed by atoms with Crippen LogP contribution in [0.4, 0.5) is 0 Å². The minimum Gasteiger partial charge on any atom is -0.352 e. The van der Waals surface area contributed by atoms with Crippen LogP contribution in [0.2, 0.25) is 0 Å². The molecule has 2 aromatic carbocycles. The topological polar surface area (TPSA) is 59.8 Å². The molecule has 0 aliphatic carbocycles. The molecule has 5 nitrogen and oxygen atoms in total. The van der Waals surface area contributed by atoms with Crippen molar-refractivity contribution in [3.05, 3.63) is 96.1 Å². The third kappa shape index (κ3) is 4.69. The standard InChI is InChI=1S/C24H24N4O/c29-24(20-12-15-25-16-13-20)26-17-14-23-27-21-10-4-5-11-22(21)28(23)18-6-9-19-7-2-1-3-8-19/h1-5,7-8,10-13,15-16H,6,9,14,17-18H2,(H,26,29). The molecule has 0 unspecified atom stereocenters. The van der Waals surface area contributed by atoms with Crippen LogP contribution in [0.1, 0.15) is 28.2 Å². The molecule has 0 fully saturated rings. The van der Waals surface area contributed by atoms with Gasteiger partial charge in [-0.25, -0.2) is 4.98 Å². The molecule has 0 saturated heterocycles. The molecule has 2 heterocycles. The Kier molecular flexibility index (Phi) is 5.95. The van der Waals surface area contributed by atoms with Gasteiger partial charge in [-0.15, -0.1) is 0 Å². The van der Waals surface area contributed by atoms with Crippen LogP contribution in [0, 0.1) is 0 Å². The minimum atomic E-state index is -0.0841. The normalized spacial score (nSPS) is 10.9. The first kappa shape index (κ1) is 18.9. The summed E-state index contributed by atoms with van der Waals surface area (Å²) in [6, 6.07) is 22.2. The number of aromatic nitrogens is 3. The Morgan fingerprint density at radius 1 is 0.897 bits per heavy atom. The minimum absolute atomic E-state index is 0.0841. The van der Waals surface area contributed by atoms with E-state index in [1.807, 2.05) is 24.3 Å². The van der Waals surface area contributed by atoms with Crippen LogP contribution in [0.15, 0.2) is 79.1 Å². The van der Waals surface area contributed by atoms with Crippen LogP contribution in [-0.2, 0) is 19.4 Å². The Labute approximate surface area is 170 Å². The molecule has 0 bridgehead atoms. The van der Waals surface area contributed by atoms with Crippen LogP contribution in [0.25, 0.3) is 11.0 Å². The van der Waals surface area contributed by atoms with Crippen LogP contribution in [0.5, 0.6) is 0 Å². The first-order chi connectivity index (χ1) is 14.3. The molecular formula is C24H24N4O. The summed E-state index contributed by atoms with van der Waals surface area (Å²) in [6.07, 6.45) is 6.02. The van der Waals surface area contributed by atoms with E-state index < -0.39 is 0 Å². The predicted octanol–water partition coefficient (Wildman–Crippen LogP) is 4.04. The number of carbonyl (C=O) groups excluding carboxylic acids is 1. The van der Waals surface area contributed by atoms with E-state index in [-0.39, 0.29) is 5.91 Å². The van der Waals surface area contributed by atoms with Crippen LogP contribution in [-0.4, -0.2) is 27.0 Å². The van der Waals surface area contributed by atoms with E-state index >= 15 is 0 Å². The summed E-state index contributed by atoms with van der Waals surface area (Å²) in [6.45, 7) is 1.45. The predicted molar refractivity (Wildman–Crippen MR) is 115 cm³/mol. The fourth-order valence-corrected chi connectivity index (χ4v) is 3.54. The number of imidazole rings is 1.